The molecule has 1 unspecified atom stereocenters. The molecule has 3 fully saturated rings. The molecule has 5 nitrogen and oxygen atoms in total. The highest BCUT2D eigenvalue weighted by molar-refractivity contribution is 6.30. The van der Waals surface area contributed by atoms with Crippen molar-refractivity contribution in [1.29, 1.82) is 0 Å². The fraction of sp³-hybridized carbons (Fsp3) is 0.667. The van der Waals surface area contributed by atoms with Crippen molar-refractivity contribution in [3.05, 3.63) is 34.9 Å². The number of carbonyl (C=O) groups is 1. The summed E-state index contributed by atoms with van der Waals surface area (Å²) in [4.78, 5) is 15.7. The molecule has 4 rings (SSSR count). The Morgan fingerprint density at radius 3 is 2.69 bits per heavy atom. The molecule has 2 N–H and O–H groups in total. The summed E-state index contributed by atoms with van der Waals surface area (Å²) >= 11 is 6.08. The van der Waals surface area contributed by atoms with Crippen LogP contribution in [0.25, 0.3) is 0 Å². The Morgan fingerprint density at radius 1 is 1.24 bits per heavy atom. The second kappa shape index (κ2) is 11.2. The van der Waals surface area contributed by atoms with Crippen LogP contribution in [-0.4, -0.2) is 56.7 Å². The number of halogens is 3. The highest BCUT2D eigenvalue weighted by atomic mass is 35.5. The molecular formula is C21H32Cl3N3O2. The third-order valence-electron chi connectivity index (χ3n) is 6.69. The average molecular weight is 465 g/mol. The molecule has 1 saturated carbocycles. The van der Waals surface area contributed by atoms with Crippen LogP contribution in [0.5, 0.6) is 0 Å². The van der Waals surface area contributed by atoms with Crippen molar-refractivity contribution < 1.29 is 9.53 Å². The van der Waals surface area contributed by atoms with E-state index in [1.54, 1.807) is 0 Å². The van der Waals surface area contributed by atoms with Crippen molar-refractivity contribution in [2.75, 3.05) is 45.9 Å². The summed E-state index contributed by atoms with van der Waals surface area (Å²) < 4.78 is 5.52. The van der Waals surface area contributed by atoms with Gasteiger partial charge >= 0.3 is 0 Å². The number of morpholine rings is 1. The van der Waals surface area contributed by atoms with E-state index in [0.29, 0.717) is 12.5 Å². The number of hydrogen-bond acceptors (Lipinski definition) is 4. The monoisotopic (exact) mass is 463 g/mol. The van der Waals surface area contributed by atoms with Gasteiger partial charge in [-0.25, -0.2) is 0 Å². The number of amides is 1. The lowest BCUT2D eigenvalue weighted by Gasteiger charge is -2.39. The van der Waals surface area contributed by atoms with Crippen LogP contribution in [0.15, 0.2) is 24.3 Å². The molecule has 1 aliphatic carbocycles. The average Bonchev–Trinajstić information content (AvgIpc) is 3.15. The molecule has 2 aliphatic heterocycles. The molecule has 8 heteroatoms. The number of rotatable bonds is 5. The number of nitrogens with one attached hydrogen (secondary N) is 2. The van der Waals surface area contributed by atoms with Gasteiger partial charge in [-0.3, -0.25) is 9.69 Å². The summed E-state index contributed by atoms with van der Waals surface area (Å²) in [7, 11) is 0. The smallest absolute Gasteiger partial charge is 0.227 e. The maximum absolute atomic E-state index is 13.3. The van der Waals surface area contributed by atoms with Gasteiger partial charge in [0, 0.05) is 31.2 Å². The molecule has 164 valence electrons. The van der Waals surface area contributed by atoms with Crippen LogP contribution in [0.3, 0.4) is 0 Å². The first-order chi connectivity index (χ1) is 13.2. The van der Waals surface area contributed by atoms with E-state index in [0.717, 1.165) is 57.3 Å². The Kier molecular flexibility index (Phi) is 9.52. The van der Waals surface area contributed by atoms with Crippen molar-refractivity contribution in [1.82, 2.24) is 15.5 Å². The van der Waals surface area contributed by atoms with E-state index < -0.39 is 0 Å². The number of benzene rings is 1. The van der Waals surface area contributed by atoms with Crippen molar-refractivity contribution >= 4 is 42.3 Å². The van der Waals surface area contributed by atoms with Gasteiger partial charge in [-0.15, -0.1) is 24.8 Å². The second-order valence-electron chi connectivity index (χ2n) is 8.16. The van der Waals surface area contributed by atoms with Gasteiger partial charge in [0.05, 0.1) is 24.7 Å². The van der Waals surface area contributed by atoms with Crippen LogP contribution in [0.1, 0.15) is 37.3 Å². The molecule has 2 saturated heterocycles. The summed E-state index contributed by atoms with van der Waals surface area (Å²) in [5, 5.41) is 7.54. The molecule has 3 aliphatic rings. The third kappa shape index (κ3) is 5.38. The lowest BCUT2D eigenvalue weighted by Crippen LogP contribution is -2.50. The summed E-state index contributed by atoms with van der Waals surface area (Å²) in [6.45, 7) is 5.71. The second-order valence-corrected chi connectivity index (χ2v) is 8.59. The minimum absolute atomic E-state index is 0. The Balaban J connectivity index is 0.00000150. The number of carbonyl (C=O) groups excluding carboxylic acids is 1. The van der Waals surface area contributed by atoms with Gasteiger partial charge in [-0.1, -0.05) is 36.6 Å². The summed E-state index contributed by atoms with van der Waals surface area (Å²) in [6, 6.07) is 8.18. The molecule has 3 atom stereocenters. The Morgan fingerprint density at radius 2 is 1.97 bits per heavy atom. The number of nitrogens with zero attached hydrogens (tertiary/aromatic N) is 1. The summed E-state index contributed by atoms with van der Waals surface area (Å²) in [5.41, 5.74) is 0.997. The first-order valence-electron chi connectivity index (χ1n) is 10.3. The minimum Gasteiger partial charge on any atom is -0.379 e. The zero-order valence-corrected chi connectivity index (χ0v) is 19.1. The predicted molar refractivity (Wildman–Crippen MR) is 121 cm³/mol. The maximum atomic E-state index is 13.3. The van der Waals surface area contributed by atoms with E-state index >= 15 is 0 Å². The summed E-state index contributed by atoms with van der Waals surface area (Å²) in [5.74, 6) is 0.730. The topological polar surface area (TPSA) is 53.6 Å². The quantitative estimate of drug-likeness (QED) is 0.701. The highest BCUT2D eigenvalue weighted by Gasteiger charge is 2.49. The fourth-order valence-corrected chi connectivity index (χ4v) is 5.21. The number of ether oxygens (including phenoxy) is 1. The van der Waals surface area contributed by atoms with Gasteiger partial charge in [0.2, 0.25) is 5.91 Å². The van der Waals surface area contributed by atoms with Gasteiger partial charge in [-0.05, 0) is 43.0 Å². The molecule has 0 aromatic heterocycles. The highest BCUT2D eigenvalue weighted by Crippen LogP contribution is 2.44. The third-order valence-corrected chi connectivity index (χ3v) is 6.94. The maximum Gasteiger partial charge on any atom is 0.227 e. The van der Waals surface area contributed by atoms with E-state index in [1.807, 2.05) is 12.1 Å². The lowest BCUT2D eigenvalue weighted by molar-refractivity contribution is -0.134. The van der Waals surface area contributed by atoms with Crippen molar-refractivity contribution in [3.63, 3.8) is 0 Å². The number of hydrogen-bond donors (Lipinski definition) is 2. The molecule has 1 aromatic carbocycles. The molecule has 0 radical (unpaired) electrons. The zero-order chi connectivity index (χ0) is 18.7. The Bertz CT molecular complexity index is 655. The van der Waals surface area contributed by atoms with E-state index in [9.17, 15) is 4.79 Å². The molecule has 2 heterocycles. The van der Waals surface area contributed by atoms with Crippen LogP contribution in [0.2, 0.25) is 5.02 Å². The van der Waals surface area contributed by atoms with Crippen molar-refractivity contribution in [2.45, 2.75) is 31.7 Å². The SMILES string of the molecule is Cl.Cl.O=C(NCC(c1ccc(Cl)cc1)N1CCOCC1)[C@@]12CCCC[C@H]1CNC2. The predicted octanol–water partition coefficient (Wildman–Crippen LogP) is 3.45. The van der Waals surface area contributed by atoms with Gasteiger partial charge in [-0.2, -0.15) is 0 Å². The fourth-order valence-electron chi connectivity index (χ4n) is 5.09. The van der Waals surface area contributed by atoms with Gasteiger partial charge in [0.1, 0.15) is 0 Å². The molecule has 29 heavy (non-hydrogen) atoms. The van der Waals surface area contributed by atoms with Crippen LogP contribution >= 0.6 is 36.4 Å². The summed E-state index contributed by atoms with van der Waals surface area (Å²) in [6.07, 6.45) is 4.60. The largest absolute Gasteiger partial charge is 0.379 e. The van der Waals surface area contributed by atoms with Crippen LogP contribution in [0.4, 0.5) is 0 Å². The van der Waals surface area contributed by atoms with Gasteiger partial charge in [0.25, 0.3) is 0 Å². The molecule has 1 amide bonds. The van der Waals surface area contributed by atoms with Gasteiger partial charge < -0.3 is 15.4 Å². The van der Waals surface area contributed by atoms with Gasteiger partial charge in [0.15, 0.2) is 0 Å². The van der Waals surface area contributed by atoms with E-state index in [2.05, 4.69) is 27.7 Å². The number of fused-ring (bicyclic) bond motifs is 1. The first kappa shape index (κ1) is 24.7. The van der Waals surface area contributed by atoms with Crippen molar-refractivity contribution in [3.8, 4) is 0 Å². The Labute approximate surface area is 191 Å². The van der Waals surface area contributed by atoms with Crippen molar-refractivity contribution in [2.24, 2.45) is 11.3 Å². The van der Waals surface area contributed by atoms with Crippen LogP contribution in [0, 0.1) is 11.3 Å². The normalized spacial score (nSPS) is 27.8. The molecule has 0 spiro atoms. The first-order valence-corrected chi connectivity index (χ1v) is 10.6. The standard InChI is InChI=1S/C21H30ClN3O2.2ClH/c22-18-6-4-16(5-7-18)19(25-9-11-27-12-10-25)14-24-20(26)21-8-2-1-3-17(21)13-23-15-21;;/h4-7,17,19,23H,1-3,8-15H2,(H,24,26);2*1H/t17-,19?,21+;;/m0../s1. The Hall–Kier alpha value is -0.560. The van der Waals surface area contributed by atoms with E-state index in [4.69, 9.17) is 16.3 Å². The molecule has 1 aromatic rings. The molecule has 0 bridgehead atoms. The van der Waals surface area contributed by atoms with Crippen LogP contribution in [-0.2, 0) is 9.53 Å². The molecular weight excluding hydrogens is 433 g/mol. The van der Waals surface area contributed by atoms with E-state index in [1.165, 1.54) is 18.4 Å². The van der Waals surface area contributed by atoms with E-state index in [-0.39, 0.29) is 42.2 Å². The minimum atomic E-state index is -0.201. The zero-order valence-electron chi connectivity index (χ0n) is 16.7. The van der Waals surface area contributed by atoms with Crippen LogP contribution < -0.4 is 10.6 Å². The lowest BCUT2D eigenvalue weighted by atomic mass is 9.67.